The van der Waals surface area contributed by atoms with Gasteiger partial charge in [0.2, 0.25) is 0 Å². The number of benzene rings is 1. The molecular weight excluding hydrogens is 228 g/mol. The van der Waals surface area contributed by atoms with Crippen molar-refractivity contribution in [2.45, 2.75) is 25.0 Å². The fourth-order valence-electron chi connectivity index (χ4n) is 2.63. The highest BCUT2D eigenvalue weighted by Gasteiger charge is 2.20. The summed E-state index contributed by atoms with van der Waals surface area (Å²) in [6, 6.07) is 6.34. The lowest BCUT2D eigenvalue weighted by molar-refractivity contribution is 0.0195. The van der Waals surface area contributed by atoms with E-state index in [9.17, 15) is 0 Å². The van der Waals surface area contributed by atoms with Crippen molar-refractivity contribution >= 4 is 0 Å². The van der Waals surface area contributed by atoms with Gasteiger partial charge in [-0.25, -0.2) is 0 Å². The van der Waals surface area contributed by atoms with Gasteiger partial charge >= 0.3 is 0 Å². The predicted octanol–water partition coefficient (Wildman–Crippen LogP) is 1.000. The van der Waals surface area contributed by atoms with Gasteiger partial charge in [-0.05, 0) is 23.6 Å². The summed E-state index contributed by atoms with van der Waals surface area (Å²) in [7, 11) is 0. The number of hydrogen-bond donors (Lipinski definition) is 2. The molecule has 2 atom stereocenters. The number of ether oxygens (including phenoxy) is 2. The number of nitrogens with one attached hydrogen (secondary N) is 1. The Kier molecular flexibility index (Phi) is 3.50. The molecule has 2 unspecified atom stereocenters. The van der Waals surface area contributed by atoms with Crippen LogP contribution in [0.25, 0.3) is 0 Å². The Morgan fingerprint density at radius 1 is 1.39 bits per heavy atom. The number of rotatable bonds is 3. The molecule has 0 radical (unpaired) electrons. The van der Waals surface area contributed by atoms with E-state index in [0.29, 0.717) is 0 Å². The molecule has 3 N–H and O–H groups in total. The molecule has 2 aliphatic rings. The van der Waals surface area contributed by atoms with Crippen molar-refractivity contribution in [1.29, 1.82) is 0 Å². The first-order valence-electron chi connectivity index (χ1n) is 6.66. The summed E-state index contributed by atoms with van der Waals surface area (Å²) in [4.78, 5) is 0. The van der Waals surface area contributed by atoms with E-state index in [1.807, 2.05) is 6.07 Å². The third-order valence-corrected chi connectivity index (χ3v) is 3.66. The third kappa shape index (κ3) is 2.51. The minimum Gasteiger partial charge on any atom is -0.493 e. The van der Waals surface area contributed by atoms with Crippen molar-refractivity contribution in [2.75, 3.05) is 26.3 Å². The summed E-state index contributed by atoms with van der Waals surface area (Å²) in [6.45, 7) is 3.43. The zero-order chi connectivity index (χ0) is 12.4. The lowest BCUT2D eigenvalue weighted by Gasteiger charge is -2.26. The molecule has 0 amide bonds. The molecule has 0 bridgehead atoms. The summed E-state index contributed by atoms with van der Waals surface area (Å²) >= 11 is 0. The van der Waals surface area contributed by atoms with E-state index in [2.05, 4.69) is 17.4 Å². The van der Waals surface area contributed by atoms with Crippen LogP contribution in [0.2, 0.25) is 0 Å². The van der Waals surface area contributed by atoms with Crippen LogP contribution >= 0.6 is 0 Å². The van der Waals surface area contributed by atoms with Gasteiger partial charge in [-0.15, -0.1) is 0 Å². The maximum absolute atomic E-state index is 6.27. The van der Waals surface area contributed by atoms with Crippen LogP contribution in [0.3, 0.4) is 0 Å². The van der Waals surface area contributed by atoms with E-state index in [1.165, 1.54) is 11.1 Å². The van der Waals surface area contributed by atoms with E-state index >= 15 is 0 Å². The number of morpholine rings is 1. The van der Waals surface area contributed by atoms with Crippen LogP contribution in [0.5, 0.6) is 5.75 Å². The molecule has 1 aromatic rings. The monoisotopic (exact) mass is 248 g/mol. The first-order valence-corrected chi connectivity index (χ1v) is 6.66. The van der Waals surface area contributed by atoms with Crippen LogP contribution in [-0.2, 0) is 11.2 Å². The van der Waals surface area contributed by atoms with Gasteiger partial charge in [-0.3, -0.25) is 0 Å². The second kappa shape index (κ2) is 5.26. The van der Waals surface area contributed by atoms with Gasteiger partial charge < -0.3 is 20.5 Å². The number of fused-ring (bicyclic) bond motifs is 1. The SMILES string of the molecule is NC(CC1CNCCO1)c1ccc2c(c1)CCO2. The van der Waals surface area contributed by atoms with Crippen molar-refractivity contribution in [1.82, 2.24) is 5.32 Å². The Labute approximate surface area is 107 Å². The van der Waals surface area contributed by atoms with Crippen LogP contribution in [-0.4, -0.2) is 32.4 Å². The van der Waals surface area contributed by atoms with E-state index in [4.69, 9.17) is 15.2 Å². The Morgan fingerprint density at radius 2 is 2.33 bits per heavy atom. The molecule has 2 heterocycles. The van der Waals surface area contributed by atoms with E-state index in [-0.39, 0.29) is 12.1 Å². The molecule has 0 aliphatic carbocycles. The maximum Gasteiger partial charge on any atom is 0.122 e. The van der Waals surface area contributed by atoms with Gasteiger partial charge in [-0.2, -0.15) is 0 Å². The average Bonchev–Trinajstić information content (AvgIpc) is 2.87. The van der Waals surface area contributed by atoms with E-state index in [0.717, 1.165) is 44.9 Å². The standard InChI is InChI=1S/C14H20N2O2/c15-13(8-12-9-16-4-6-17-12)10-1-2-14-11(7-10)3-5-18-14/h1-2,7,12-13,16H,3-6,8-9,15H2. The minimum absolute atomic E-state index is 0.0424. The van der Waals surface area contributed by atoms with Crippen LogP contribution in [0, 0.1) is 0 Å². The van der Waals surface area contributed by atoms with Crippen molar-refractivity contribution in [2.24, 2.45) is 5.73 Å². The molecule has 98 valence electrons. The summed E-state index contributed by atoms with van der Waals surface area (Å²) in [5, 5.41) is 3.33. The van der Waals surface area contributed by atoms with Crippen molar-refractivity contribution in [3.8, 4) is 5.75 Å². The summed E-state index contributed by atoms with van der Waals surface area (Å²) in [5.41, 5.74) is 8.74. The molecular formula is C14H20N2O2. The molecule has 2 aliphatic heterocycles. The normalized spacial score (nSPS) is 24.4. The van der Waals surface area contributed by atoms with E-state index in [1.54, 1.807) is 0 Å². The fourth-order valence-corrected chi connectivity index (χ4v) is 2.63. The number of hydrogen-bond acceptors (Lipinski definition) is 4. The summed E-state index contributed by atoms with van der Waals surface area (Å²) < 4.78 is 11.2. The Balaban J connectivity index is 1.66. The molecule has 1 aromatic carbocycles. The largest absolute Gasteiger partial charge is 0.493 e. The highest BCUT2D eigenvalue weighted by molar-refractivity contribution is 5.40. The van der Waals surface area contributed by atoms with Gasteiger partial charge in [0.05, 0.1) is 19.3 Å². The van der Waals surface area contributed by atoms with Gasteiger partial charge in [-0.1, -0.05) is 12.1 Å². The second-order valence-corrected chi connectivity index (χ2v) is 5.00. The Bertz CT molecular complexity index is 416. The van der Waals surface area contributed by atoms with Crippen molar-refractivity contribution in [3.63, 3.8) is 0 Å². The van der Waals surface area contributed by atoms with Crippen molar-refractivity contribution < 1.29 is 9.47 Å². The third-order valence-electron chi connectivity index (χ3n) is 3.66. The minimum atomic E-state index is 0.0424. The molecule has 3 rings (SSSR count). The molecule has 1 fully saturated rings. The summed E-state index contributed by atoms with van der Waals surface area (Å²) in [5.74, 6) is 1.02. The zero-order valence-electron chi connectivity index (χ0n) is 10.5. The lowest BCUT2D eigenvalue weighted by atomic mass is 9.98. The first-order chi connectivity index (χ1) is 8.83. The quantitative estimate of drug-likeness (QED) is 0.838. The molecule has 0 spiro atoms. The maximum atomic E-state index is 6.27. The Morgan fingerprint density at radius 3 is 3.17 bits per heavy atom. The molecule has 4 nitrogen and oxygen atoms in total. The second-order valence-electron chi connectivity index (χ2n) is 5.00. The lowest BCUT2D eigenvalue weighted by Crippen LogP contribution is -2.40. The molecule has 18 heavy (non-hydrogen) atoms. The van der Waals surface area contributed by atoms with Crippen LogP contribution in [0.4, 0.5) is 0 Å². The highest BCUT2D eigenvalue weighted by atomic mass is 16.5. The first kappa shape index (κ1) is 12.0. The number of nitrogens with two attached hydrogens (primary N) is 1. The van der Waals surface area contributed by atoms with Gasteiger partial charge in [0, 0.05) is 25.6 Å². The topological polar surface area (TPSA) is 56.5 Å². The molecule has 1 saturated heterocycles. The smallest absolute Gasteiger partial charge is 0.122 e. The van der Waals surface area contributed by atoms with E-state index < -0.39 is 0 Å². The molecule has 4 heteroatoms. The van der Waals surface area contributed by atoms with Crippen molar-refractivity contribution in [3.05, 3.63) is 29.3 Å². The zero-order valence-corrected chi connectivity index (χ0v) is 10.5. The van der Waals surface area contributed by atoms with Crippen LogP contribution < -0.4 is 15.8 Å². The van der Waals surface area contributed by atoms with Crippen LogP contribution in [0.1, 0.15) is 23.6 Å². The summed E-state index contributed by atoms with van der Waals surface area (Å²) in [6.07, 6.45) is 2.10. The molecule has 0 aromatic heterocycles. The van der Waals surface area contributed by atoms with Gasteiger partial charge in [0.25, 0.3) is 0 Å². The fraction of sp³-hybridized carbons (Fsp3) is 0.571. The Hall–Kier alpha value is -1.10. The molecule has 0 saturated carbocycles. The van der Waals surface area contributed by atoms with Gasteiger partial charge in [0.15, 0.2) is 0 Å². The van der Waals surface area contributed by atoms with Crippen LogP contribution in [0.15, 0.2) is 18.2 Å². The highest BCUT2D eigenvalue weighted by Crippen LogP contribution is 2.29. The average molecular weight is 248 g/mol. The van der Waals surface area contributed by atoms with Gasteiger partial charge in [0.1, 0.15) is 5.75 Å². The predicted molar refractivity (Wildman–Crippen MR) is 69.8 cm³/mol.